The Morgan fingerprint density at radius 1 is 0.267 bits per heavy atom. The highest BCUT2D eigenvalue weighted by Gasteiger charge is 2.19. The number of rotatable bonds is 62. The van der Waals surface area contributed by atoms with Crippen LogP contribution in [0.1, 0.15) is 367 Å². The Morgan fingerprint density at radius 3 is 0.747 bits per heavy atom. The van der Waals surface area contributed by atoms with Gasteiger partial charge in [0, 0.05) is 19.3 Å². The number of carbonyl (C=O) groups excluding carboxylic acids is 3. The van der Waals surface area contributed by atoms with Crippen LogP contribution in [0.3, 0.4) is 0 Å². The van der Waals surface area contributed by atoms with Crippen LogP contribution in [0.15, 0.2) is 36.5 Å². The van der Waals surface area contributed by atoms with Crippen LogP contribution >= 0.6 is 0 Å². The highest BCUT2D eigenvalue weighted by molar-refractivity contribution is 5.71. The molecular weight excluding hydrogens is 925 g/mol. The third kappa shape index (κ3) is 62.4. The first-order valence-electron chi connectivity index (χ1n) is 33.5. The highest BCUT2D eigenvalue weighted by Crippen LogP contribution is 2.18. The molecule has 1 atom stereocenters. The van der Waals surface area contributed by atoms with E-state index in [0.29, 0.717) is 19.3 Å². The lowest BCUT2D eigenvalue weighted by Gasteiger charge is -2.18. The van der Waals surface area contributed by atoms with Crippen molar-refractivity contribution in [2.45, 2.75) is 374 Å². The molecule has 1 unspecified atom stereocenters. The molecule has 0 radical (unpaired) electrons. The summed E-state index contributed by atoms with van der Waals surface area (Å²) in [5, 5.41) is 0. The smallest absolute Gasteiger partial charge is 0.306 e. The van der Waals surface area contributed by atoms with E-state index in [4.69, 9.17) is 14.2 Å². The van der Waals surface area contributed by atoms with E-state index in [2.05, 4.69) is 57.2 Å². The molecule has 0 rings (SSSR count). The van der Waals surface area contributed by atoms with Gasteiger partial charge in [0.1, 0.15) is 13.2 Å². The van der Waals surface area contributed by atoms with Gasteiger partial charge in [0.15, 0.2) is 6.10 Å². The predicted octanol–water partition coefficient (Wildman–Crippen LogP) is 22.8. The van der Waals surface area contributed by atoms with Gasteiger partial charge in [-0.15, -0.1) is 0 Å². The van der Waals surface area contributed by atoms with Gasteiger partial charge in [0.2, 0.25) is 0 Å². The highest BCUT2D eigenvalue weighted by atomic mass is 16.6. The van der Waals surface area contributed by atoms with Crippen molar-refractivity contribution in [3.05, 3.63) is 36.5 Å². The summed E-state index contributed by atoms with van der Waals surface area (Å²) in [6, 6.07) is 0. The van der Waals surface area contributed by atoms with E-state index in [1.165, 1.54) is 257 Å². The van der Waals surface area contributed by atoms with Gasteiger partial charge in [-0.1, -0.05) is 327 Å². The maximum absolute atomic E-state index is 12.9. The average molecular weight is 1050 g/mol. The minimum atomic E-state index is -0.768. The van der Waals surface area contributed by atoms with Crippen LogP contribution in [0.5, 0.6) is 0 Å². The topological polar surface area (TPSA) is 78.9 Å². The summed E-state index contributed by atoms with van der Waals surface area (Å²) >= 11 is 0. The molecule has 0 aromatic carbocycles. The van der Waals surface area contributed by atoms with E-state index < -0.39 is 6.10 Å². The maximum atomic E-state index is 12.9. The molecule has 0 amide bonds. The molecule has 6 heteroatoms. The van der Waals surface area contributed by atoms with Gasteiger partial charge in [-0.2, -0.15) is 0 Å². The van der Waals surface area contributed by atoms with Crippen LogP contribution in [-0.4, -0.2) is 37.2 Å². The molecule has 0 aromatic rings. The van der Waals surface area contributed by atoms with Crippen molar-refractivity contribution in [1.29, 1.82) is 0 Å². The van der Waals surface area contributed by atoms with Crippen LogP contribution < -0.4 is 0 Å². The van der Waals surface area contributed by atoms with Gasteiger partial charge >= 0.3 is 17.9 Å². The number of unbranched alkanes of at least 4 members (excludes halogenated alkanes) is 45. The Kier molecular flexibility index (Phi) is 62.1. The molecular formula is C69H128O6. The van der Waals surface area contributed by atoms with Crippen molar-refractivity contribution in [3.8, 4) is 0 Å². The monoisotopic (exact) mass is 1050 g/mol. The standard InChI is InChI=1S/C69H128O6/c1-4-7-10-13-16-19-21-23-25-27-29-31-33-34-35-36-37-39-40-42-44-46-48-50-53-56-59-62-68(71)74-65-66(64-73-67(70)61-58-55-52-18-15-12-9-6-3)75-69(72)63-60-57-54-51-49-47-45-43-41-38-32-30-28-26-24-22-20-17-14-11-8-5-2/h21,23,27,29,33-34,66H,4-20,22,24-26,28,30-32,35-65H2,1-3H3/b23-21-,29-27-,34-33-. The molecule has 0 N–H and O–H groups in total. The number of esters is 3. The van der Waals surface area contributed by atoms with E-state index in [9.17, 15) is 14.4 Å². The molecule has 0 saturated carbocycles. The molecule has 0 aliphatic heterocycles. The molecule has 0 aliphatic rings. The first-order chi connectivity index (χ1) is 37.0. The third-order valence-electron chi connectivity index (χ3n) is 15.1. The zero-order valence-electron chi connectivity index (χ0n) is 50.6. The zero-order chi connectivity index (χ0) is 54.3. The van der Waals surface area contributed by atoms with Crippen LogP contribution in [0.4, 0.5) is 0 Å². The Balaban J connectivity index is 4.11. The van der Waals surface area contributed by atoms with Crippen LogP contribution in [0, 0.1) is 0 Å². The van der Waals surface area contributed by atoms with Crippen LogP contribution in [-0.2, 0) is 28.6 Å². The molecule has 75 heavy (non-hydrogen) atoms. The van der Waals surface area contributed by atoms with E-state index in [0.717, 1.165) is 70.6 Å². The SMILES string of the molecule is CCCCCCC/C=C\C/C=C\C/C=C\CCCCCCCCCCCCCCC(=O)OCC(COC(=O)CCCCCCCCCC)OC(=O)CCCCCCCCCCCCCCCCCCCCCCCC. The van der Waals surface area contributed by atoms with E-state index in [1.54, 1.807) is 0 Å². The second kappa shape index (κ2) is 64.2. The normalized spacial score (nSPS) is 12.2. The molecule has 0 aliphatic carbocycles. The van der Waals surface area contributed by atoms with Gasteiger partial charge in [0.05, 0.1) is 0 Å². The average Bonchev–Trinajstić information content (AvgIpc) is 3.41. The van der Waals surface area contributed by atoms with E-state index >= 15 is 0 Å². The van der Waals surface area contributed by atoms with E-state index in [1.807, 2.05) is 0 Å². The molecule has 0 fully saturated rings. The Morgan fingerprint density at radius 2 is 0.480 bits per heavy atom. The first kappa shape index (κ1) is 72.6. The summed E-state index contributed by atoms with van der Waals surface area (Å²) in [7, 11) is 0. The summed E-state index contributed by atoms with van der Waals surface area (Å²) in [5.41, 5.74) is 0. The Labute approximate surface area is 467 Å². The van der Waals surface area contributed by atoms with E-state index in [-0.39, 0.29) is 31.1 Å². The second-order valence-corrected chi connectivity index (χ2v) is 22.7. The Hall–Kier alpha value is -2.37. The largest absolute Gasteiger partial charge is 0.462 e. The van der Waals surface area contributed by atoms with Gasteiger partial charge < -0.3 is 14.2 Å². The molecule has 0 heterocycles. The number of allylic oxidation sites excluding steroid dienone is 6. The number of hydrogen-bond acceptors (Lipinski definition) is 6. The molecule has 0 saturated heterocycles. The van der Waals surface area contributed by atoms with Crippen molar-refractivity contribution < 1.29 is 28.6 Å². The summed E-state index contributed by atoms with van der Waals surface area (Å²) in [5.74, 6) is -0.849. The quantitative estimate of drug-likeness (QED) is 0.0261. The minimum Gasteiger partial charge on any atom is -0.462 e. The number of carbonyl (C=O) groups is 3. The van der Waals surface area contributed by atoms with Gasteiger partial charge in [-0.3, -0.25) is 14.4 Å². The number of ether oxygens (including phenoxy) is 3. The number of hydrogen-bond donors (Lipinski definition) is 0. The predicted molar refractivity (Wildman–Crippen MR) is 326 cm³/mol. The lowest BCUT2D eigenvalue weighted by molar-refractivity contribution is -0.167. The molecule has 0 bridgehead atoms. The van der Waals surface area contributed by atoms with Crippen molar-refractivity contribution in [3.63, 3.8) is 0 Å². The van der Waals surface area contributed by atoms with Gasteiger partial charge in [-0.05, 0) is 57.8 Å². The van der Waals surface area contributed by atoms with Crippen LogP contribution in [0.2, 0.25) is 0 Å². The summed E-state index contributed by atoms with van der Waals surface area (Å²) in [4.78, 5) is 38.2. The summed E-state index contributed by atoms with van der Waals surface area (Å²) in [6.07, 6.45) is 79.0. The third-order valence-corrected chi connectivity index (χ3v) is 15.1. The minimum absolute atomic E-state index is 0.0673. The van der Waals surface area contributed by atoms with Crippen molar-refractivity contribution in [1.82, 2.24) is 0 Å². The summed E-state index contributed by atoms with van der Waals surface area (Å²) < 4.78 is 16.9. The molecule has 0 spiro atoms. The molecule has 440 valence electrons. The fraction of sp³-hybridized carbons (Fsp3) is 0.870. The first-order valence-corrected chi connectivity index (χ1v) is 33.5. The van der Waals surface area contributed by atoms with Crippen molar-refractivity contribution >= 4 is 17.9 Å². The Bertz CT molecular complexity index is 1250. The van der Waals surface area contributed by atoms with Crippen LogP contribution in [0.25, 0.3) is 0 Å². The summed E-state index contributed by atoms with van der Waals surface area (Å²) in [6.45, 7) is 6.66. The molecule has 6 nitrogen and oxygen atoms in total. The lowest BCUT2D eigenvalue weighted by Crippen LogP contribution is -2.30. The fourth-order valence-electron chi connectivity index (χ4n) is 10.1. The second-order valence-electron chi connectivity index (χ2n) is 22.7. The molecule has 0 aromatic heterocycles. The fourth-order valence-corrected chi connectivity index (χ4v) is 10.1. The van der Waals surface area contributed by atoms with Crippen molar-refractivity contribution in [2.75, 3.05) is 13.2 Å². The zero-order valence-corrected chi connectivity index (χ0v) is 50.6. The lowest BCUT2D eigenvalue weighted by atomic mass is 10.0. The maximum Gasteiger partial charge on any atom is 0.306 e. The van der Waals surface area contributed by atoms with Gasteiger partial charge in [-0.25, -0.2) is 0 Å². The van der Waals surface area contributed by atoms with Gasteiger partial charge in [0.25, 0.3) is 0 Å². The van der Waals surface area contributed by atoms with Crippen molar-refractivity contribution in [2.24, 2.45) is 0 Å².